The van der Waals surface area contributed by atoms with Crippen molar-refractivity contribution in [3.63, 3.8) is 0 Å². The predicted octanol–water partition coefficient (Wildman–Crippen LogP) is 4.47. The molecule has 30 heavy (non-hydrogen) atoms. The number of benzene rings is 3. The number of hydrogen-bond donors (Lipinski definition) is 1. The van der Waals surface area contributed by atoms with Gasteiger partial charge in [0.2, 0.25) is 0 Å². The molecule has 7 heteroatoms. The summed E-state index contributed by atoms with van der Waals surface area (Å²) in [4.78, 5) is 12.9. The third-order valence-corrected chi connectivity index (χ3v) is 6.75. The van der Waals surface area contributed by atoms with E-state index in [-0.39, 0.29) is 17.0 Å². The van der Waals surface area contributed by atoms with Crippen LogP contribution in [0.5, 0.6) is 5.75 Å². The van der Waals surface area contributed by atoms with E-state index < -0.39 is 15.9 Å². The third kappa shape index (κ3) is 4.31. The van der Waals surface area contributed by atoms with Crippen LogP contribution in [-0.2, 0) is 10.0 Å². The summed E-state index contributed by atoms with van der Waals surface area (Å²) in [5.41, 5.74) is 1.89. The number of para-hydroxylation sites is 3. The van der Waals surface area contributed by atoms with Gasteiger partial charge in [-0.1, -0.05) is 36.4 Å². The first-order chi connectivity index (χ1) is 14.4. The summed E-state index contributed by atoms with van der Waals surface area (Å²) in [7, 11) is -2.33. The Morgan fingerprint density at radius 2 is 1.67 bits per heavy atom. The molecule has 0 aliphatic carbocycles. The Bertz CT molecular complexity index is 1140. The predicted molar refractivity (Wildman–Crippen MR) is 119 cm³/mol. The van der Waals surface area contributed by atoms with E-state index in [1.807, 2.05) is 6.07 Å². The average molecular weight is 425 g/mol. The van der Waals surface area contributed by atoms with E-state index in [2.05, 4.69) is 5.32 Å². The van der Waals surface area contributed by atoms with Gasteiger partial charge in [-0.3, -0.25) is 9.10 Å². The molecule has 0 unspecified atom stereocenters. The summed E-state index contributed by atoms with van der Waals surface area (Å²) in [5, 5.41) is 2.78. The van der Waals surface area contributed by atoms with Crippen LogP contribution in [0.1, 0.15) is 22.8 Å². The van der Waals surface area contributed by atoms with Gasteiger partial charge in [0.15, 0.2) is 0 Å². The van der Waals surface area contributed by atoms with Crippen LogP contribution in [0.3, 0.4) is 0 Å². The molecule has 0 atom stereocenters. The summed E-state index contributed by atoms with van der Waals surface area (Å²) < 4.78 is 33.4. The van der Waals surface area contributed by atoms with Gasteiger partial charge in [-0.2, -0.15) is 0 Å². The second-order valence-corrected chi connectivity index (χ2v) is 8.47. The van der Waals surface area contributed by atoms with Crippen LogP contribution in [-0.4, -0.2) is 28.0 Å². The molecule has 0 aromatic heterocycles. The highest BCUT2D eigenvalue weighted by Gasteiger charge is 2.26. The topological polar surface area (TPSA) is 75.7 Å². The Balaban J connectivity index is 1.97. The quantitative estimate of drug-likeness (QED) is 0.607. The first-order valence-electron chi connectivity index (χ1n) is 9.51. The van der Waals surface area contributed by atoms with Crippen molar-refractivity contribution in [1.29, 1.82) is 0 Å². The van der Waals surface area contributed by atoms with E-state index in [0.717, 1.165) is 0 Å². The smallest absolute Gasteiger partial charge is 0.264 e. The SMILES string of the molecule is CCN(c1ccccc1)S(=O)(=O)c1cc(C(=O)Nc2ccccc2OC)ccc1C. The van der Waals surface area contributed by atoms with Gasteiger partial charge in [0, 0.05) is 12.1 Å². The van der Waals surface area contributed by atoms with E-state index in [1.165, 1.54) is 17.5 Å². The van der Waals surface area contributed by atoms with Gasteiger partial charge < -0.3 is 10.1 Å². The van der Waals surface area contributed by atoms with Gasteiger partial charge in [0.25, 0.3) is 15.9 Å². The molecule has 0 fully saturated rings. The molecule has 0 radical (unpaired) electrons. The number of amides is 1. The molecule has 1 amide bonds. The molecule has 3 aromatic rings. The minimum Gasteiger partial charge on any atom is -0.495 e. The minimum atomic E-state index is -3.85. The highest BCUT2D eigenvalue weighted by atomic mass is 32.2. The Morgan fingerprint density at radius 1 is 1.00 bits per heavy atom. The highest BCUT2D eigenvalue weighted by Crippen LogP contribution is 2.28. The summed E-state index contributed by atoms with van der Waals surface area (Å²) in [6.07, 6.45) is 0. The number of nitrogens with one attached hydrogen (secondary N) is 1. The lowest BCUT2D eigenvalue weighted by Crippen LogP contribution is -2.31. The number of carbonyl (C=O) groups excluding carboxylic acids is 1. The van der Waals surface area contributed by atoms with E-state index in [4.69, 9.17) is 4.74 Å². The molecule has 0 heterocycles. The summed E-state index contributed by atoms with van der Waals surface area (Å²) in [6.45, 7) is 3.76. The Kier molecular flexibility index (Phi) is 6.42. The fourth-order valence-electron chi connectivity index (χ4n) is 3.17. The zero-order valence-corrected chi connectivity index (χ0v) is 17.9. The number of anilines is 2. The number of ether oxygens (including phenoxy) is 1. The van der Waals surface area contributed by atoms with Crippen molar-refractivity contribution in [1.82, 2.24) is 0 Å². The van der Waals surface area contributed by atoms with Crippen LogP contribution < -0.4 is 14.4 Å². The van der Waals surface area contributed by atoms with E-state index in [0.29, 0.717) is 22.7 Å². The first-order valence-corrected chi connectivity index (χ1v) is 10.9. The number of methoxy groups -OCH3 is 1. The second kappa shape index (κ2) is 9.00. The standard InChI is InChI=1S/C23H24N2O4S/c1-4-25(19-10-6-5-7-11-19)30(27,28)22-16-18(15-14-17(22)2)23(26)24-20-12-8-9-13-21(20)29-3/h5-16H,4H2,1-3H3,(H,24,26). The van der Waals surface area contributed by atoms with Gasteiger partial charge in [0.1, 0.15) is 5.75 Å². The third-order valence-electron chi connectivity index (χ3n) is 4.70. The molecule has 0 saturated heterocycles. The fraction of sp³-hybridized carbons (Fsp3) is 0.174. The molecule has 0 aliphatic heterocycles. The van der Waals surface area contributed by atoms with Crippen LogP contribution in [0.25, 0.3) is 0 Å². The van der Waals surface area contributed by atoms with Crippen molar-refractivity contribution >= 4 is 27.3 Å². The highest BCUT2D eigenvalue weighted by molar-refractivity contribution is 7.92. The maximum Gasteiger partial charge on any atom is 0.264 e. The van der Waals surface area contributed by atoms with Crippen molar-refractivity contribution in [2.75, 3.05) is 23.3 Å². The fourth-order valence-corrected chi connectivity index (χ4v) is 4.89. The van der Waals surface area contributed by atoms with Crippen molar-refractivity contribution in [2.45, 2.75) is 18.7 Å². The van der Waals surface area contributed by atoms with Crippen LogP contribution in [0.2, 0.25) is 0 Å². The molecule has 3 aromatic carbocycles. The average Bonchev–Trinajstić information content (AvgIpc) is 2.75. The summed E-state index contributed by atoms with van der Waals surface area (Å²) >= 11 is 0. The van der Waals surface area contributed by atoms with E-state index in [9.17, 15) is 13.2 Å². The molecule has 3 rings (SSSR count). The Labute approximate surface area is 177 Å². The number of hydrogen-bond acceptors (Lipinski definition) is 4. The minimum absolute atomic E-state index is 0.0980. The second-order valence-electron chi connectivity index (χ2n) is 6.64. The van der Waals surface area contributed by atoms with E-state index in [1.54, 1.807) is 74.5 Å². The Hall–Kier alpha value is -3.32. The molecular weight excluding hydrogens is 400 g/mol. The van der Waals surface area contributed by atoms with Crippen molar-refractivity contribution in [3.05, 3.63) is 83.9 Å². The van der Waals surface area contributed by atoms with Crippen LogP contribution in [0.15, 0.2) is 77.7 Å². The zero-order valence-electron chi connectivity index (χ0n) is 17.1. The molecule has 0 spiro atoms. The van der Waals surface area contributed by atoms with Crippen LogP contribution >= 0.6 is 0 Å². The zero-order chi connectivity index (χ0) is 21.7. The molecule has 6 nitrogen and oxygen atoms in total. The molecule has 0 saturated carbocycles. The van der Waals surface area contributed by atoms with Crippen molar-refractivity contribution in [2.24, 2.45) is 0 Å². The number of nitrogens with zero attached hydrogens (tertiary/aromatic N) is 1. The maximum atomic E-state index is 13.4. The van der Waals surface area contributed by atoms with Crippen molar-refractivity contribution < 1.29 is 17.9 Å². The van der Waals surface area contributed by atoms with Gasteiger partial charge in [0.05, 0.1) is 23.4 Å². The molecule has 0 aliphatic rings. The normalized spacial score (nSPS) is 11.0. The maximum absolute atomic E-state index is 13.4. The van der Waals surface area contributed by atoms with Gasteiger partial charge in [-0.25, -0.2) is 8.42 Å². The van der Waals surface area contributed by atoms with Crippen LogP contribution in [0.4, 0.5) is 11.4 Å². The lowest BCUT2D eigenvalue weighted by atomic mass is 10.1. The lowest BCUT2D eigenvalue weighted by molar-refractivity contribution is 0.102. The number of sulfonamides is 1. The van der Waals surface area contributed by atoms with Gasteiger partial charge in [-0.15, -0.1) is 0 Å². The van der Waals surface area contributed by atoms with Gasteiger partial charge in [-0.05, 0) is 55.8 Å². The monoisotopic (exact) mass is 424 g/mol. The first kappa shape index (κ1) is 21.4. The largest absolute Gasteiger partial charge is 0.495 e. The molecule has 156 valence electrons. The molecular formula is C23H24N2O4S. The summed E-state index contributed by atoms with van der Waals surface area (Å²) in [6, 6.07) is 20.6. The molecule has 1 N–H and O–H groups in total. The lowest BCUT2D eigenvalue weighted by Gasteiger charge is -2.24. The molecule has 0 bridgehead atoms. The number of aryl methyl sites for hydroxylation is 1. The van der Waals surface area contributed by atoms with Crippen molar-refractivity contribution in [3.8, 4) is 5.75 Å². The number of carbonyl (C=O) groups is 1. The van der Waals surface area contributed by atoms with Gasteiger partial charge >= 0.3 is 0 Å². The number of rotatable bonds is 7. The summed E-state index contributed by atoms with van der Waals surface area (Å²) in [5.74, 6) is 0.103. The van der Waals surface area contributed by atoms with E-state index >= 15 is 0 Å². The van der Waals surface area contributed by atoms with Crippen LogP contribution in [0, 0.1) is 6.92 Å². The Morgan fingerprint density at radius 3 is 2.33 bits per heavy atom.